The molecule has 1 unspecified atom stereocenters. The average Bonchev–Trinajstić information content (AvgIpc) is 2.57. The molecule has 1 fully saturated rings. The number of fused-ring (bicyclic) bond motifs is 4. The summed E-state index contributed by atoms with van der Waals surface area (Å²) in [5.41, 5.74) is 2.29. The van der Waals surface area contributed by atoms with E-state index in [2.05, 4.69) is 16.3 Å². The van der Waals surface area contributed by atoms with Crippen LogP contribution in [0.15, 0.2) is 53.3 Å². The van der Waals surface area contributed by atoms with Gasteiger partial charge < -0.3 is 14.8 Å². The van der Waals surface area contributed by atoms with Crippen molar-refractivity contribution in [2.45, 2.75) is 18.9 Å². The van der Waals surface area contributed by atoms with E-state index in [1.54, 1.807) is 6.07 Å². The van der Waals surface area contributed by atoms with Crippen LogP contribution in [0, 0.1) is 5.92 Å². The molecule has 0 spiro atoms. The number of likely N-dealkylation sites (tertiary alicyclic amines) is 1. The van der Waals surface area contributed by atoms with E-state index in [9.17, 15) is 4.79 Å². The van der Waals surface area contributed by atoms with E-state index in [1.807, 2.05) is 41.0 Å². The number of hydrogen-bond donors (Lipinski definition) is 1. The Kier molecular flexibility index (Phi) is 3.65. The van der Waals surface area contributed by atoms with Crippen LogP contribution in [0.3, 0.4) is 0 Å². The molecule has 5 heteroatoms. The number of hydrogen-bond acceptors (Lipinski definition) is 2. The molecule has 0 radical (unpaired) electrons. The zero-order valence-corrected chi connectivity index (χ0v) is 13.6. The molecule has 1 aromatic carbocycles. The first-order valence-electron chi connectivity index (χ1n) is 8.01. The summed E-state index contributed by atoms with van der Waals surface area (Å²) in [7, 11) is 0. The van der Waals surface area contributed by atoms with Crippen molar-refractivity contribution in [2.24, 2.45) is 5.92 Å². The van der Waals surface area contributed by atoms with Gasteiger partial charge in [-0.05, 0) is 42.8 Å². The molecule has 2 atom stereocenters. The Morgan fingerprint density at radius 3 is 2.70 bits per heavy atom. The van der Waals surface area contributed by atoms with Crippen molar-refractivity contribution in [1.82, 2.24) is 9.47 Å². The third-order valence-electron chi connectivity index (χ3n) is 4.79. The van der Waals surface area contributed by atoms with Gasteiger partial charge in [0.2, 0.25) is 0 Å². The second-order valence-electron chi connectivity index (χ2n) is 6.40. The molecule has 23 heavy (non-hydrogen) atoms. The molecule has 0 saturated carbocycles. The minimum atomic E-state index is 0.121. The molecule has 1 aromatic heterocycles. The van der Waals surface area contributed by atoms with E-state index in [1.165, 1.54) is 0 Å². The summed E-state index contributed by atoms with van der Waals surface area (Å²) < 4.78 is 1.95. The molecule has 0 aliphatic carbocycles. The quantitative estimate of drug-likeness (QED) is 0.818. The predicted molar refractivity (Wildman–Crippen MR) is 95.8 cm³/mol. The molecular formula is C18H19N3OS. The zero-order chi connectivity index (χ0) is 15.8. The molecule has 0 amide bonds. The minimum Gasteiger partial charge on any atom is -0.348 e. The van der Waals surface area contributed by atoms with Crippen LogP contribution in [0.4, 0.5) is 5.69 Å². The maximum atomic E-state index is 12.1. The number of nitrogens with one attached hydrogen (secondary N) is 1. The molecule has 2 bridgehead atoms. The first-order valence-corrected chi connectivity index (χ1v) is 8.42. The van der Waals surface area contributed by atoms with Gasteiger partial charge in [0, 0.05) is 43.0 Å². The van der Waals surface area contributed by atoms with Gasteiger partial charge in [-0.25, -0.2) is 0 Å². The normalized spacial score (nSPS) is 22.3. The van der Waals surface area contributed by atoms with Crippen molar-refractivity contribution in [3.63, 3.8) is 0 Å². The molecular weight excluding hydrogens is 306 g/mol. The molecule has 1 saturated heterocycles. The van der Waals surface area contributed by atoms with Gasteiger partial charge in [0.1, 0.15) is 0 Å². The van der Waals surface area contributed by atoms with Crippen molar-refractivity contribution in [2.75, 3.05) is 18.4 Å². The second kappa shape index (κ2) is 5.81. The highest BCUT2D eigenvalue weighted by molar-refractivity contribution is 7.80. The molecule has 2 aromatic rings. The number of para-hydroxylation sites is 1. The number of piperidine rings is 1. The highest BCUT2D eigenvalue weighted by Crippen LogP contribution is 2.35. The van der Waals surface area contributed by atoms with E-state index in [-0.39, 0.29) is 5.56 Å². The van der Waals surface area contributed by atoms with E-state index in [0.29, 0.717) is 11.8 Å². The molecule has 3 heterocycles. The summed E-state index contributed by atoms with van der Waals surface area (Å²) in [5, 5.41) is 4.10. The molecule has 4 rings (SSSR count). The maximum absolute atomic E-state index is 12.1. The topological polar surface area (TPSA) is 37.3 Å². The number of benzene rings is 1. The van der Waals surface area contributed by atoms with Crippen molar-refractivity contribution in [3.05, 3.63) is 64.6 Å². The Morgan fingerprint density at radius 2 is 1.87 bits per heavy atom. The molecule has 118 valence electrons. The van der Waals surface area contributed by atoms with E-state index < -0.39 is 0 Å². The first-order chi connectivity index (χ1) is 11.2. The Balaban J connectivity index is 1.54. The van der Waals surface area contributed by atoms with Gasteiger partial charge in [-0.15, -0.1) is 0 Å². The highest BCUT2D eigenvalue weighted by Gasteiger charge is 2.35. The van der Waals surface area contributed by atoms with Gasteiger partial charge in [-0.3, -0.25) is 4.79 Å². The first kappa shape index (κ1) is 14.5. The Morgan fingerprint density at radius 1 is 1.04 bits per heavy atom. The summed E-state index contributed by atoms with van der Waals surface area (Å²) in [6, 6.07) is 15.6. The van der Waals surface area contributed by atoms with Gasteiger partial charge in [-0.1, -0.05) is 24.3 Å². The van der Waals surface area contributed by atoms with Gasteiger partial charge in [0.25, 0.3) is 5.56 Å². The molecule has 2 aliphatic rings. The molecule has 4 nitrogen and oxygen atoms in total. The van der Waals surface area contributed by atoms with Crippen LogP contribution in [0.5, 0.6) is 0 Å². The number of pyridine rings is 1. The van der Waals surface area contributed by atoms with Crippen molar-refractivity contribution in [1.29, 1.82) is 0 Å². The minimum absolute atomic E-state index is 0.121. The smallest absolute Gasteiger partial charge is 0.250 e. The fourth-order valence-corrected chi connectivity index (χ4v) is 4.05. The fraction of sp³-hybridized carbons (Fsp3) is 0.333. The third kappa shape index (κ3) is 2.77. The van der Waals surface area contributed by atoms with Crippen molar-refractivity contribution >= 4 is 23.0 Å². The monoisotopic (exact) mass is 325 g/mol. The lowest BCUT2D eigenvalue weighted by Crippen LogP contribution is -2.50. The maximum Gasteiger partial charge on any atom is 0.250 e. The standard InChI is InChI=1S/C18H19N3OS/c22-17-8-4-7-16-14-9-13(11-21(16)17)10-20(12-14)18(23)19-15-5-2-1-3-6-15/h1-8,13-14H,9-12H2,(H,19,23)/t13?,14-/m1/s1. The van der Waals surface area contributed by atoms with Crippen LogP contribution in [0.25, 0.3) is 0 Å². The van der Waals surface area contributed by atoms with Crippen molar-refractivity contribution in [3.8, 4) is 0 Å². The second-order valence-corrected chi connectivity index (χ2v) is 6.79. The van der Waals surface area contributed by atoms with Gasteiger partial charge in [-0.2, -0.15) is 0 Å². The molecule has 2 aliphatic heterocycles. The van der Waals surface area contributed by atoms with Crippen LogP contribution < -0.4 is 10.9 Å². The Labute approximate surface area is 140 Å². The Hall–Kier alpha value is -2.14. The van der Waals surface area contributed by atoms with Crippen LogP contribution in [0.1, 0.15) is 18.0 Å². The van der Waals surface area contributed by atoms with Crippen molar-refractivity contribution < 1.29 is 0 Å². The van der Waals surface area contributed by atoms with E-state index in [0.717, 1.165) is 42.5 Å². The molecule has 1 N–H and O–H groups in total. The van der Waals surface area contributed by atoms with Gasteiger partial charge >= 0.3 is 0 Å². The number of thiocarbonyl (C=S) groups is 1. The average molecular weight is 325 g/mol. The SMILES string of the molecule is O=c1cccc2n1CC1C[C@@H]2CN(C(=S)Nc2ccccc2)C1. The largest absolute Gasteiger partial charge is 0.348 e. The zero-order valence-electron chi connectivity index (χ0n) is 12.8. The lowest BCUT2D eigenvalue weighted by molar-refractivity contribution is 0.180. The summed E-state index contributed by atoms with van der Waals surface area (Å²) >= 11 is 5.60. The summed E-state index contributed by atoms with van der Waals surface area (Å²) in [5.74, 6) is 0.865. The predicted octanol–water partition coefficient (Wildman–Crippen LogP) is 2.66. The van der Waals surface area contributed by atoms with Gasteiger partial charge in [0.05, 0.1) is 0 Å². The van der Waals surface area contributed by atoms with E-state index >= 15 is 0 Å². The van der Waals surface area contributed by atoms with Crippen LogP contribution >= 0.6 is 12.2 Å². The fourth-order valence-electron chi connectivity index (χ4n) is 3.79. The summed E-state index contributed by atoms with van der Waals surface area (Å²) in [6.07, 6.45) is 1.15. The summed E-state index contributed by atoms with van der Waals surface area (Å²) in [6.45, 7) is 2.59. The Bertz CT molecular complexity index is 786. The van der Waals surface area contributed by atoms with Crippen LogP contribution in [-0.4, -0.2) is 27.7 Å². The summed E-state index contributed by atoms with van der Waals surface area (Å²) in [4.78, 5) is 14.3. The lowest BCUT2D eigenvalue weighted by Gasteiger charge is -2.43. The van der Waals surface area contributed by atoms with Crippen LogP contribution in [0.2, 0.25) is 0 Å². The number of rotatable bonds is 1. The van der Waals surface area contributed by atoms with Crippen LogP contribution in [-0.2, 0) is 6.54 Å². The van der Waals surface area contributed by atoms with Gasteiger partial charge in [0.15, 0.2) is 5.11 Å². The lowest BCUT2D eigenvalue weighted by atomic mass is 9.83. The highest BCUT2D eigenvalue weighted by atomic mass is 32.1. The number of aromatic nitrogens is 1. The van der Waals surface area contributed by atoms with E-state index in [4.69, 9.17) is 12.2 Å². The number of anilines is 1. The number of nitrogens with zero attached hydrogens (tertiary/aromatic N) is 2. The third-order valence-corrected chi connectivity index (χ3v) is 5.15.